The van der Waals surface area contributed by atoms with Gasteiger partial charge in [0.2, 0.25) is 12.4 Å². The first-order chi connectivity index (χ1) is 12.9. The van der Waals surface area contributed by atoms with Crippen LogP contribution < -0.4 is 0 Å². The second-order valence-electron chi connectivity index (χ2n) is 7.94. The van der Waals surface area contributed by atoms with E-state index < -0.39 is 56.7 Å². The van der Waals surface area contributed by atoms with Gasteiger partial charge in [-0.2, -0.15) is 0 Å². The minimum atomic E-state index is -1.23. The van der Waals surface area contributed by atoms with Crippen molar-refractivity contribution in [3.8, 4) is 0 Å². The van der Waals surface area contributed by atoms with Gasteiger partial charge in [-0.1, -0.05) is 19.6 Å². The lowest BCUT2D eigenvalue weighted by molar-refractivity contribution is -0.304. The molecule has 162 valence electrons. The molecule has 0 N–H and O–H groups in total. The van der Waals surface area contributed by atoms with E-state index in [4.69, 9.17) is 28.4 Å². The second-order valence-corrected chi connectivity index (χ2v) is 13.6. The number of ether oxygens (including phenoxy) is 6. The maximum absolute atomic E-state index is 11.6. The Morgan fingerprint density at radius 3 is 1.89 bits per heavy atom. The number of rotatable bonds is 9. The molecule has 0 spiro atoms. The first-order valence-corrected chi connectivity index (χ1v) is 13.0. The number of hydrogen-bond acceptors (Lipinski definition) is 9. The summed E-state index contributed by atoms with van der Waals surface area (Å²) in [5.74, 6) is -1.85. The molecule has 0 aromatic rings. The van der Waals surface area contributed by atoms with Gasteiger partial charge in [0.05, 0.1) is 6.10 Å². The van der Waals surface area contributed by atoms with E-state index in [1.165, 1.54) is 20.8 Å². The van der Waals surface area contributed by atoms with Gasteiger partial charge >= 0.3 is 17.9 Å². The predicted octanol–water partition coefficient (Wildman–Crippen LogP) is 1.86. The zero-order chi connectivity index (χ0) is 21.5. The molecular formula is C18H32O9Si. The minimum Gasteiger partial charge on any atom is -0.455 e. The van der Waals surface area contributed by atoms with Gasteiger partial charge in [0.25, 0.3) is 0 Å². The summed E-state index contributed by atoms with van der Waals surface area (Å²) in [4.78, 5) is 34.5. The van der Waals surface area contributed by atoms with E-state index in [0.717, 1.165) is 6.04 Å². The van der Waals surface area contributed by atoms with E-state index in [1.807, 2.05) is 0 Å². The van der Waals surface area contributed by atoms with Crippen LogP contribution in [0.5, 0.6) is 0 Å². The standard InChI is InChI=1S/C18H32O9Si/c1-11-15(23-10-22-8-9-28(5,6)7)16(25-12(2)19)17(26-13(3)20)18(24-11)27-14(4)21/h11,15-18H,8-10H2,1-7H3. The van der Waals surface area contributed by atoms with Crippen LogP contribution >= 0.6 is 0 Å². The fourth-order valence-corrected chi connectivity index (χ4v) is 3.42. The summed E-state index contributed by atoms with van der Waals surface area (Å²) in [6.07, 6.45) is -4.77. The smallest absolute Gasteiger partial charge is 0.305 e. The summed E-state index contributed by atoms with van der Waals surface area (Å²) >= 11 is 0. The van der Waals surface area contributed by atoms with E-state index in [2.05, 4.69) is 19.6 Å². The van der Waals surface area contributed by atoms with Gasteiger partial charge in [0, 0.05) is 35.5 Å². The fourth-order valence-electron chi connectivity index (χ4n) is 2.67. The van der Waals surface area contributed by atoms with Crippen LogP contribution in [0.4, 0.5) is 0 Å². The van der Waals surface area contributed by atoms with Crippen LogP contribution in [0.2, 0.25) is 25.7 Å². The van der Waals surface area contributed by atoms with E-state index in [0.29, 0.717) is 6.61 Å². The molecule has 28 heavy (non-hydrogen) atoms. The largest absolute Gasteiger partial charge is 0.455 e. The van der Waals surface area contributed by atoms with Crippen LogP contribution in [-0.4, -0.2) is 70.1 Å². The third-order valence-electron chi connectivity index (χ3n) is 3.95. The Balaban J connectivity index is 2.88. The summed E-state index contributed by atoms with van der Waals surface area (Å²) in [6, 6.07) is 0.977. The molecule has 1 fully saturated rings. The van der Waals surface area contributed by atoms with E-state index in [9.17, 15) is 14.4 Å². The van der Waals surface area contributed by atoms with Gasteiger partial charge in [-0.3, -0.25) is 14.4 Å². The number of carbonyl (C=O) groups is 3. The van der Waals surface area contributed by atoms with Gasteiger partial charge in [-0.25, -0.2) is 0 Å². The van der Waals surface area contributed by atoms with Crippen molar-refractivity contribution in [2.75, 3.05) is 13.4 Å². The third-order valence-corrected chi connectivity index (χ3v) is 5.66. The summed E-state index contributed by atoms with van der Waals surface area (Å²) < 4.78 is 32.6. The summed E-state index contributed by atoms with van der Waals surface area (Å²) in [5, 5.41) is 0. The van der Waals surface area contributed by atoms with Crippen LogP contribution in [-0.2, 0) is 42.8 Å². The van der Waals surface area contributed by atoms with Gasteiger partial charge in [-0.05, 0) is 13.0 Å². The van der Waals surface area contributed by atoms with Crippen molar-refractivity contribution in [3.63, 3.8) is 0 Å². The molecule has 5 unspecified atom stereocenters. The van der Waals surface area contributed by atoms with E-state index >= 15 is 0 Å². The SMILES string of the molecule is CC(=O)OC1OC(C)C(OCOCC[Si](C)(C)C)C(OC(C)=O)C1OC(C)=O. The molecule has 5 atom stereocenters. The Hall–Kier alpha value is -1.49. The molecule has 0 amide bonds. The summed E-state index contributed by atoms with van der Waals surface area (Å²) in [5.41, 5.74) is 0. The van der Waals surface area contributed by atoms with Crippen molar-refractivity contribution in [1.29, 1.82) is 0 Å². The quantitative estimate of drug-likeness (QED) is 0.182. The highest BCUT2D eigenvalue weighted by molar-refractivity contribution is 6.76. The molecule has 0 aromatic heterocycles. The van der Waals surface area contributed by atoms with Crippen molar-refractivity contribution in [2.45, 2.75) is 84.1 Å². The lowest BCUT2D eigenvalue weighted by Gasteiger charge is -2.43. The lowest BCUT2D eigenvalue weighted by Crippen LogP contribution is -2.61. The first-order valence-electron chi connectivity index (χ1n) is 9.27. The molecule has 1 aliphatic rings. The Labute approximate surface area is 166 Å². The predicted molar refractivity (Wildman–Crippen MR) is 101 cm³/mol. The summed E-state index contributed by atoms with van der Waals surface area (Å²) in [6.45, 7) is 12.6. The molecule has 1 saturated heterocycles. The van der Waals surface area contributed by atoms with Gasteiger partial charge in [0.1, 0.15) is 12.9 Å². The van der Waals surface area contributed by atoms with Crippen molar-refractivity contribution < 1.29 is 42.8 Å². The highest BCUT2D eigenvalue weighted by atomic mass is 28.3. The van der Waals surface area contributed by atoms with Gasteiger partial charge < -0.3 is 28.4 Å². The molecule has 10 heteroatoms. The van der Waals surface area contributed by atoms with Crippen LogP contribution in [0.25, 0.3) is 0 Å². The number of esters is 3. The molecule has 0 bridgehead atoms. The van der Waals surface area contributed by atoms with Crippen molar-refractivity contribution in [2.24, 2.45) is 0 Å². The Morgan fingerprint density at radius 2 is 1.39 bits per heavy atom. The maximum atomic E-state index is 11.6. The molecule has 0 aromatic carbocycles. The third kappa shape index (κ3) is 8.68. The molecule has 9 nitrogen and oxygen atoms in total. The van der Waals surface area contributed by atoms with Gasteiger partial charge in [0.15, 0.2) is 6.10 Å². The highest BCUT2D eigenvalue weighted by Gasteiger charge is 2.50. The fraction of sp³-hybridized carbons (Fsp3) is 0.833. The Kier molecular flexibility index (Phi) is 9.55. The molecule has 0 aliphatic carbocycles. The molecular weight excluding hydrogens is 388 g/mol. The van der Waals surface area contributed by atoms with Crippen LogP contribution in [0, 0.1) is 0 Å². The molecule has 1 aliphatic heterocycles. The monoisotopic (exact) mass is 420 g/mol. The van der Waals surface area contributed by atoms with Crippen LogP contribution in [0.3, 0.4) is 0 Å². The Bertz CT molecular complexity index is 546. The molecule has 0 saturated carbocycles. The first kappa shape index (κ1) is 24.5. The van der Waals surface area contributed by atoms with Crippen molar-refractivity contribution >= 4 is 26.0 Å². The van der Waals surface area contributed by atoms with Crippen molar-refractivity contribution in [1.82, 2.24) is 0 Å². The zero-order valence-electron chi connectivity index (χ0n) is 17.7. The van der Waals surface area contributed by atoms with E-state index in [1.54, 1.807) is 6.92 Å². The summed E-state index contributed by atoms with van der Waals surface area (Å²) in [7, 11) is -1.23. The Morgan fingerprint density at radius 1 is 0.857 bits per heavy atom. The minimum absolute atomic E-state index is 0.0361. The number of hydrogen-bond donors (Lipinski definition) is 0. The molecule has 1 heterocycles. The normalized spacial score (nSPS) is 27.8. The highest BCUT2D eigenvalue weighted by Crippen LogP contribution is 2.29. The van der Waals surface area contributed by atoms with Crippen molar-refractivity contribution in [3.05, 3.63) is 0 Å². The number of carbonyl (C=O) groups excluding carboxylic acids is 3. The molecule has 0 radical (unpaired) electrons. The topological polar surface area (TPSA) is 107 Å². The van der Waals surface area contributed by atoms with Crippen LogP contribution in [0.1, 0.15) is 27.7 Å². The average molecular weight is 421 g/mol. The van der Waals surface area contributed by atoms with Gasteiger partial charge in [-0.15, -0.1) is 0 Å². The zero-order valence-corrected chi connectivity index (χ0v) is 18.7. The van der Waals surface area contributed by atoms with E-state index in [-0.39, 0.29) is 6.79 Å². The maximum Gasteiger partial charge on any atom is 0.305 e. The second kappa shape index (κ2) is 10.9. The average Bonchev–Trinajstić information content (AvgIpc) is 2.50. The lowest BCUT2D eigenvalue weighted by atomic mass is 9.99. The molecule has 1 rings (SSSR count). The van der Waals surface area contributed by atoms with Crippen LogP contribution in [0.15, 0.2) is 0 Å².